The molecule has 192 valence electrons. The summed E-state index contributed by atoms with van der Waals surface area (Å²) in [5, 5.41) is 9.29. The Morgan fingerprint density at radius 2 is 1.83 bits per heavy atom. The van der Waals surface area contributed by atoms with Gasteiger partial charge in [0.05, 0.1) is 37.3 Å². The highest BCUT2D eigenvalue weighted by Gasteiger charge is 2.15. The fourth-order valence-electron chi connectivity index (χ4n) is 3.29. The van der Waals surface area contributed by atoms with Crippen molar-refractivity contribution in [3.63, 3.8) is 0 Å². The summed E-state index contributed by atoms with van der Waals surface area (Å²) < 4.78 is 35.6. The van der Waals surface area contributed by atoms with Crippen molar-refractivity contribution in [2.45, 2.75) is 6.42 Å². The number of halogens is 1. The van der Waals surface area contributed by atoms with Gasteiger partial charge in [-0.3, -0.25) is 9.59 Å². The van der Waals surface area contributed by atoms with Crippen LogP contribution < -0.4 is 20.2 Å². The monoisotopic (exact) mass is 517 g/mol. The molecule has 0 radical (unpaired) electrons. The van der Waals surface area contributed by atoms with E-state index in [9.17, 15) is 14.0 Å². The molecule has 2 amide bonds. The van der Waals surface area contributed by atoms with Crippen molar-refractivity contribution in [1.82, 2.24) is 10.7 Å². The number of fused-ring (bicyclic) bond motifs is 1. The van der Waals surface area contributed by atoms with E-state index < -0.39 is 11.8 Å². The molecule has 1 aromatic heterocycles. The van der Waals surface area contributed by atoms with Gasteiger partial charge in [-0.2, -0.15) is 5.10 Å². The predicted octanol–water partition coefficient (Wildman–Crippen LogP) is 3.36. The summed E-state index contributed by atoms with van der Waals surface area (Å²) in [5.41, 5.74) is 4.02. The third-order valence-corrected chi connectivity index (χ3v) is 6.11. The normalized spacial score (nSPS) is 11.4. The quantitative estimate of drug-likeness (QED) is 0.205. The van der Waals surface area contributed by atoms with Crippen LogP contribution in [-0.2, 0) is 14.3 Å². The van der Waals surface area contributed by atoms with Gasteiger partial charge >= 0.3 is 0 Å². The van der Waals surface area contributed by atoms with E-state index in [0.29, 0.717) is 59.1 Å². The second-order valence-electron chi connectivity index (χ2n) is 7.49. The van der Waals surface area contributed by atoms with Crippen molar-refractivity contribution < 1.29 is 32.9 Å². The van der Waals surface area contributed by atoms with Gasteiger partial charge in [-0.1, -0.05) is 12.1 Å². The van der Waals surface area contributed by atoms with Crippen LogP contribution in [0.1, 0.15) is 22.3 Å². The van der Waals surface area contributed by atoms with Crippen molar-refractivity contribution in [3.05, 3.63) is 58.7 Å². The summed E-state index contributed by atoms with van der Waals surface area (Å²) in [7, 11) is 4.60. The van der Waals surface area contributed by atoms with E-state index in [4.69, 9.17) is 18.9 Å². The lowest BCUT2D eigenvalue weighted by Gasteiger charge is -2.12. The first-order chi connectivity index (χ1) is 17.5. The second-order valence-corrected chi connectivity index (χ2v) is 8.37. The maximum absolute atomic E-state index is 14.1. The van der Waals surface area contributed by atoms with Crippen LogP contribution in [0.4, 0.5) is 4.39 Å². The Labute approximate surface area is 212 Å². The van der Waals surface area contributed by atoms with Gasteiger partial charge in [0.15, 0.2) is 11.5 Å². The van der Waals surface area contributed by atoms with Crippen LogP contribution in [0.5, 0.6) is 11.5 Å². The number of rotatable bonds is 13. The van der Waals surface area contributed by atoms with Gasteiger partial charge < -0.3 is 24.3 Å². The molecule has 36 heavy (non-hydrogen) atoms. The molecule has 0 aliphatic carbocycles. The summed E-state index contributed by atoms with van der Waals surface area (Å²) in [5.74, 6) is -0.435. The molecule has 0 atom stereocenters. The number of ether oxygens (including phenoxy) is 4. The first kappa shape index (κ1) is 27.1. The predicted molar refractivity (Wildman–Crippen MR) is 136 cm³/mol. The van der Waals surface area contributed by atoms with E-state index in [0.717, 1.165) is 5.56 Å². The highest BCUT2D eigenvalue weighted by Crippen LogP contribution is 2.30. The highest BCUT2D eigenvalue weighted by atomic mass is 32.1. The van der Waals surface area contributed by atoms with Gasteiger partial charge in [-0.15, -0.1) is 11.3 Å². The molecule has 2 aromatic carbocycles. The van der Waals surface area contributed by atoms with Gasteiger partial charge in [0.2, 0.25) is 0 Å². The molecule has 0 bridgehead atoms. The molecular formula is C25H28FN3O6S. The van der Waals surface area contributed by atoms with Crippen molar-refractivity contribution in [1.29, 1.82) is 0 Å². The second kappa shape index (κ2) is 13.5. The van der Waals surface area contributed by atoms with Gasteiger partial charge in [0, 0.05) is 42.5 Å². The minimum Gasteiger partial charge on any atom is -0.493 e. The van der Waals surface area contributed by atoms with E-state index in [-0.39, 0.29) is 12.4 Å². The lowest BCUT2D eigenvalue weighted by Crippen LogP contribution is -2.35. The third kappa shape index (κ3) is 7.00. The van der Waals surface area contributed by atoms with Crippen LogP contribution >= 0.6 is 11.3 Å². The van der Waals surface area contributed by atoms with Gasteiger partial charge in [0.25, 0.3) is 11.8 Å². The van der Waals surface area contributed by atoms with Gasteiger partial charge in [-0.25, -0.2) is 9.82 Å². The first-order valence-corrected chi connectivity index (χ1v) is 11.9. The Balaban J connectivity index is 1.63. The topological polar surface area (TPSA) is 107 Å². The molecule has 3 aromatic rings. The zero-order chi connectivity index (χ0) is 25.9. The summed E-state index contributed by atoms with van der Waals surface area (Å²) >= 11 is 1.27. The van der Waals surface area contributed by atoms with E-state index in [1.165, 1.54) is 30.6 Å². The Bertz CT molecular complexity index is 1230. The van der Waals surface area contributed by atoms with Crippen LogP contribution in [0, 0.1) is 5.82 Å². The lowest BCUT2D eigenvalue weighted by atomic mass is 10.1. The molecule has 3 rings (SSSR count). The van der Waals surface area contributed by atoms with E-state index >= 15 is 0 Å². The van der Waals surface area contributed by atoms with Crippen molar-refractivity contribution >= 4 is 38.9 Å². The number of amides is 2. The third-order valence-electron chi connectivity index (χ3n) is 5.10. The highest BCUT2D eigenvalue weighted by molar-refractivity contribution is 7.17. The van der Waals surface area contributed by atoms with Crippen LogP contribution in [0.3, 0.4) is 0 Å². The van der Waals surface area contributed by atoms with E-state index in [2.05, 4.69) is 15.8 Å². The molecule has 1 heterocycles. The van der Waals surface area contributed by atoms with Crippen LogP contribution in [-0.4, -0.2) is 65.2 Å². The number of hydrogen-bond acceptors (Lipinski definition) is 8. The van der Waals surface area contributed by atoms with Crippen molar-refractivity contribution in [2.24, 2.45) is 5.10 Å². The Kier molecular flexibility index (Phi) is 10.2. The molecule has 0 spiro atoms. The first-order valence-electron chi connectivity index (χ1n) is 11.1. The van der Waals surface area contributed by atoms with E-state index in [1.807, 2.05) is 0 Å². The van der Waals surface area contributed by atoms with E-state index in [1.54, 1.807) is 43.9 Å². The summed E-state index contributed by atoms with van der Waals surface area (Å²) in [4.78, 5) is 24.9. The maximum Gasteiger partial charge on any atom is 0.259 e. The standard InChI is InChI=1S/C25H28FN3O6S/c1-32-10-9-20(18-15-36-24-17(18)5-4-6-19(24)26)28-29-23(30)14-27-25(31)16-7-8-21(22(13-16)34-3)35-12-11-33-2/h4-8,13,15H,9-12,14H2,1-3H3,(H,27,31)(H,29,30). The van der Waals surface area contributed by atoms with Gasteiger partial charge in [-0.05, 0) is 24.3 Å². The smallest absolute Gasteiger partial charge is 0.259 e. The summed E-state index contributed by atoms with van der Waals surface area (Å²) in [6, 6.07) is 9.54. The van der Waals surface area contributed by atoms with Crippen LogP contribution in [0.2, 0.25) is 0 Å². The number of thiophene rings is 1. The molecule has 0 unspecified atom stereocenters. The molecule has 11 heteroatoms. The average molecular weight is 518 g/mol. The zero-order valence-electron chi connectivity index (χ0n) is 20.3. The molecule has 0 aliphatic rings. The average Bonchev–Trinajstić information content (AvgIpc) is 3.33. The minimum atomic E-state index is -0.518. The number of nitrogens with one attached hydrogen (secondary N) is 2. The number of nitrogens with zero attached hydrogens (tertiary/aromatic N) is 1. The van der Waals surface area contributed by atoms with Crippen molar-refractivity contribution in [2.75, 3.05) is 47.7 Å². The maximum atomic E-state index is 14.1. The summed E-state index contributed by atoms with van der Waals surface area (Å²) in [6.07, 6.45) is 0.407. The lowest BCUT2D eigenvalue weighted by molar-refractivity contribution is -0.120. The van der Waals surface area contributed by atoms with Gasteiger partial charge in [0.1, 0.15) is 12.4 Å². The zero-order valence-corrected chi connectivity index (χ0v) is 21.1. The fraction of sp³-hybridized carbons (Fsp3) is 0.320. The van der Waals surface area contributed by atoms with Crippen molar-refractivity contribution in [3.8, 4) is 11.5 Å². The summed E-state index contributed by atoms with van der Waals surface area (Å²) in [6.45, 7) is 0.815. The number of carbonyl (C=O) groups excluding carboxylic acids is 2. The number of methoxy groups -OCH3 is 3. The number of carbonyl (C=O) groups is 2. The SMILES string of the molecule is COCCOc1ccc(C(=O)NCC(=O)NN=C(CCOC)c2csc3c(F)cccc23)cc1OC. The molecule has 9 nitrogen and oxygen atoms in total. The minimum absolute atomic E-state index is 0.298. The Hall–Kier alpha value is -3.54. The fourth-order valence-corrected chi connectivity index (χ4v) is 4.27. The number of hydrogen-bond donors (Lipinski definition) is 2. The molecular weight excluding hydrogens is 489 g/mol. The number of benzene rings is 2. The molecule has 0 saturated carbocycles. The molecule has 0 aliphatic heterocycles. The molecule has 0 saturated heterocycles. The number of hydrazone groups is 1. The Morgan fingerprint density at radius 1 is 1.03 bits per heavy atom. The van der Waals surface area contributed by atoms with Crippen LogP contribution in [0.15, 0.2) is 46.9 Å². The Morgan fingerprint density at radius 3 is 2.58 bits per heavy atom. The van der Waals surface area contributed by atoms with Crippen LogP contribution in [0.25, 0.3) is 10.1 Å². The molecule has 0 fully saturated rings. The molecule has 2 N–H and O–H groups in total. The largest absolute Gasteiger partial charge is 0.493 e.